The zero-order valence-corrected chi connectivity index (χ0v) is 9.88. The van der Waals surface area contributed by atoms with Crippen LogP contribution in [0.4, 0.5) is 0 Å². The van der Waals surface area contributed by atoms with Gasteiger partial charge in [0.15, 0.2) is 0 Å². The number of rotatable bonds is 9. The van der Waals surface area contributed by atoms with E-state index in [0.29, 0.717) is 19.8 Å². The molecule has 1 aromatic rings. The summed E-state index contributed by atoms with van der Waals surface area (Å²) in [5.41, 5.74) is 1.18. The lowest BCUT2D eigenvalue weighted by Gasteiger charge is -2.00. The Bertz CT molecular complexity index is 319. The fraction of sp³-hybridized carbons (Fsp3) is 0.357. The van der Waals surface area contributed by atoms with Crippen LogP contribution >= 0.6 is 0 Å². The van der Waals surface area contributed by atoms with E-state index in [2.05, 4.69) is 0 Å². The zero-order chi connectivity index (χ0) is 12.2. The molecule has 0 saturated heterocycles. The van der Waals surface area contributed by atoms with Gasteiger partial charge in [-0.1, -0.05) is 42.5 Å². The summed E-state index contributed by atoms with van der Waals surface area (Å²) in [5.74, 6) is 0. The van der Waals surface area contributed by atoms with E-state index >= 15 is 0 Å². The third kappa shape index (κ3) is 7.44. The fourth-order valence-corrected chi connectivity index (χ4v) is 1.29. The second-order valence-corrected chi connectivity index (χ2v) is 3.50. The van der Waals surface area contributed by atoms with Crippen LogP contribution in [0.2, 0.25) is 0 Å². The van der Waals surface area contributed by atoms with Gasteiger partial charge in [-0.25, -0.2) is 0 Å². The Morgan fingerprint density at radius 1 is 1.00 bits per heavy atom. The Morgan fingerprint density at radius 3 is 2.59 bits per heavy atom. The number of hydrogen-bond acceptors (Lipinski definition) is 3. The summed E-state index contributed by atoms with van der Waals surface area (Å²) in [7, 11) is 0. The van der Waals surface area contributed by atoms with E-state index in [-0.39, 0.29) is 6.61 Å². The van der Waals surface area contributed by atoms with E-state index in [1.165, 1.54) is 5.56 Å². The number of hydrogen-bond donors (Lipinski definition) is 0. The molecule has 0 bridgehead atoms. The first-order valence-electron chi connectivity index (χ1n) is 5.71. The largest absolute Gasteiger partial charge is 0.374 e. The van der Waals surface area contributed by atoms with Crippen molar-refractivity contribution in [2.24, 2.45) is 0 Å². The van der Waals surface area contributed by atoms with Gasteiger partial charge in [0.2, 0.25) is 0 Å². The van der Waals surface area contributed by atoms with Crippen LogP contribution in [0, 0.1) is 0 Å². The van der Waals surface area contributed by atoms with Crippen molar-refractivity contribution >= 4 is 6.29 Å². The number of carbonyl (C=O) groups is 1. The third-order valence-electron chi connectivity index (χ3n) is 2.11. The van der Waals surface area contributed by atoms with Gasteiger partial charge in [-0.15, -0.1) is 0 Å². The number of carbonyl (C=O) groups excluding carboxylic acids is 1. The Kier molecular flexibility index (Phi) is 7.81. The van der Waals surface area contributed by atoms with E-state index in [0.717, 1.165) is 12.7 Å². The van der Waals surface area contributed by atoms with Gasteiger partial charge in [0, 0.05) is 0 Å². The van der Waals surface area contributed by atoms with Gasteiger partial charge < -0.3 is 14.3 Å². The minimum absolute atomic E-state index is 0.179. The summed E-state index contributed by atoms with van der Waals surface area (Å²) in [6.07, 6.45) is 5.53. The zero-order valence-electron chi connectivity index (χ0n) is 9.88. The van der Waals surface area contributed by atoms with Crippen LogP contribution in [0.1, 0.15) is 12.0 Å². The lowest BCUT2D eigenvalue weighted by atomic mass is 10.2. The lowest BCUT2D eigenvalue weighted by molar-refractivity contribution is -0.111. The Balaban J connectivity index is 1.97. The average molecular weight is 234 g/mol. The van der Waals surface area contributed by atoms with Crippen LogP contribution in [0.15, 0.2) is 42.5 Å². The highest BCUT2D eigenvalue weighted by Gasteiger charge is 1.89. The van der Waals surface area contributed by atoms with Crippen LogP contribution in [-0.2, 0) is 20.9 Å². The maximum absolute atomic E-state index is 9.95. The predicted octanol–water partition coefficient (Wildman–Crippen LogP) is 2.37. The van der Waals surface area contributed by atoms with Crippen LogP contribution in [0.5, 0.6) is 0 Å². The highest BCUT2D eigenvalue weighted by Crippen LogP contribution is 2.00. The van der Waals surface area contributed by atoms with Gasteiger partial charge in [0.05, 0.1) is 19.8 Å². The average Bonchev–Trinajstić information content (AvgIpc) is 2.38. The van der Waals surface area contributed by atoms with Crippen LogP contribution < -0.4 is 0 Å². The second kappa shape index (κ2) is 9.75. The summed E-state index contributed by atoms with van der Waals surface area (Å²) in [6, 6.07) is 10.1. The van der Waals surface area contributed by atoms with Crippen LogP contribution in [0.3, 0.4) is 0 Å². The smallest absolute Gasteiger partial charge is 0.145 e. The van der Waals surface area contributed by atoms with Crippen molar-refractivity contribution < 1.29 is 14.3 Å². The van der Waals surface area contributed by atoms with Crippen LogP contribution in [-0.4, -0.2) is 26.1 Å². The third-order valence-corrected chi connectivity index (χ3v) is 2.11. The van der Waals surface area contributed by atoms with Crippen molar-refractivity contribution in [3.8, 4) is 0 Å². The van der Waals surface area contributed by atoms with Crippen molar-refractivity contribution in [3.05, 3.63) is 48.0 Å². The first kappa shape index (κ1) is 13.6. The normalized spacial score (nSPS) is 10.8. The van der Waals surface area contributed by atoms with Crippen molar-refractivity contribution in [1.29, 1.82) is 0 Å². The van der Waals surface area contributed by atoms with Gasteiger partial charge in [-0.2, -0.15) is 0 Å². The molecule has 1 aromatic carbocycles. The molecule has 0 fully saturated rings. The Hall–Kier alpha value is -1.45. The molecule has 0 aromatic heterocycles. The monoisotopic (exact) mass is 234 g/mol. The Labute approximate surface area is 102 Å². The van der Waals surface area contributed by atoms with Crippen LogP contribution in [0.25, 0.3) is 0 Å². The number of ether oxygens (including phenoxy) is 2. The van der Waals surface area contributed by atoms with Crippen molar-refractivity contribution in [1.82, 2.24) is 0 Å². The first-order chi connectivity index (χ1) is 8.43. The van der Waals surface area contributed by atoms with Gasteiger partial charge >= 0.3 is 0 Å². The maximum atomic E-state index is 9.95. The summed E-state index contributed by atoms with van der Waals surface area (Å²) in [5, 5.41) is 0. The van der Waals surface area contributed by atoms with E-state index in [1.54, 1.807) is 0 Å². The molecule has 17 heavy (non-hydrogen) atoms. The SMILES string of the molecule is O=CCOCCC=CCOCc1ccccc1. The topological polar surface area (TPSA) is 35.5 Å². The number of benzene rings is 1. The standard InChI is InChI=1S/C14H18O3/c15-9-12-16-10-5-2-6-11-17-13-14-7-3-1-4-8-14/h1-4,6-9H,5,10-13H2. The van der Waals surface area contributed by atoms with Crippen molar-refractivity contribution in [2.75, 3.05) is 19.8 Å². The molecule has 0 aliphatic heterocycles. The molecule has 0 aliphatic carbocycles. The molecule has 0 amide bonds. The molecular weight excluding hydrogens is 216 g/mol. The molecule has 0 unspecified atom stereocenters. The molecule has 0 saturated carbocycles. The van der Waals surface area contributed by atoms with Gasteiger partial charge in [-0.05, 0) is 12.0 Å². The van der Waals surface area contributed by atoms with E-state index in [4.69, 9.17) is 9.47 Å². The maximum Gasteiger partial charge on any atom is 0.145 e. The molecule has 0 radical (unpaired) electrons. The minimum atomic E-state index is 0.179. The van der Waals surface area contributed by atoms with Gasteiger partial charge in [0.1, 0.15) is 12.9 Å². The molecule has 3 nitrogen and oxygen atoms in total. The van der Waals surface area contributed by atoms with Crippen molar-refractivity contribution in [2.45, 2.75) is 13.0 Å². The summed E-state index contributed by atoms with van der Waals surface area (Å²) in [4.78, 5) is 9.95. The lowest BCUT2D eigenvalue weighted by Crippen LogP contribution is -1.96. The molecule has 92 valence electrons. The minimum Gasteiger partial charge on any atom is -0.374 e. The highest BCUT2D eigenvalue weighted by molar-refractivity contribution is 5.50. The summed E-state index contributed by atoms with van der Waals surface area (Å²) in [6.45, 7) is 1.99. The van der Waals surface area contributed by atoms with Gasteiger partial charge in [-0.3, -0.25) is 0 Å². The van der Waals surface area contributed by atoms with Crippen molar-refractivity contribution in [3.63, 3.8) is 0 Å². The summed E-state index contributed by atoms with van der Waals surface area (Å²) >= 11 is 0. The first-order valence-corrected chi connectivity index (χ1v) is 5.71. The van der Waals surface area contributed by atoms with Gasteiger partial charge in [0.25, 0.3) is 0 Å². The summed E-state index contributed by atoms with van der Waals surface area (Å²) < 4.78 is 10.5. The molecular formula is C14H18O3. The molecule has 0 spiro atoms. The molecule has 1 rings (SSSR count). The molecule has 0 aliphatic rings. The van der Waals surface area contributed by atoms with E-state index < -0.39 is 0 Å². The van der Waals surface area contributed by atoms with E-state index in [9.17, 15) is 4.79 Å². The molecule has 0 heterocycles. The molecule has 3 heteroatoms. The molecule has 0 atom stereocenters. The highest BCUT2D eigenvalue weighted by atomic mass is 16.5. The quantitative estimate of drug-likeness (QED) is 0.374. The second-order valence-electron chi connectivity index (χ2n) is 3.50. The predicted molar refractivity (Wildman–Crippen MR) is 66.7 cm³/mol. The molecule has 0 N–H and O–H groups in total. The fourth-order valence-electron chi connectivity index (χ4n) is 1.29. The Morgan fingerprint density at radius 2 is 1.82 bits per heavy atom. The van der Waals surface area contributed by atoms with E-state index in [1.807, 2.05) is 42.5 Å². The number of aldehydes is 1.